The van der Waals surface area contributed by atoms with Crippen LogP contribution in [-0.2, 0) is 10.2 Å². The summed E-state index contributed by atoms with van der Waals surface area (Å²) in [4.78, 5) is 0. The average molecular weight is 298 g/mol. The molecule has 0 amide bonds. The molecule has 0 spiro atoms. The second-order valence-electron chi connectivity index (χ2n) is 5.26. The molecule has 0 aliphatic carbocycles. The van der Waals surface area contributed by atoms with Crippen molar-refractivity contribution < 1.29 is 8.42 Å². The van der Waals surface area contributed by atoms with Gasteiger partial charge in [-0.3, -0.25) is 0 Å². The molecule has 2 saturated heterocycles. The Morgan fingerprint density at radius 1 is 1.22 bits per heavy atom. The first kappa shape index (κ1) is 16.2. The van der Waals surface area contributed by atoms with Gasteiger partial charge in [0.05, 0.1) is 0 Å². The van der Waals surface area contributed by atoms with E-state index in [4.69, 9.17) is 5.73 Å². The number of nitrogens with zero attached hydrogens (tertiary/aromatic N) is 2. The number of hydrogen-bond donors (Lipinski definition) is 1. The fourth-order valence-corrected chi connectivity index (χ4v) is 4.77. The van der Waals surface area contributed by atoms with Crippen LogP contribution in [-0.4, -0.2) is 49.2 Å². The van der Waals surface area contributed by atoms with Crippen LogP contribution in [0.3, 0.4) is 0 Å². The van der Waals surface area contributed by atoms with Gasteiger partial charge in [-0.25, -0.2) is 0 Å². The van der Waals surface area contributed by atoms with Gasteiger partial charge < -0.3 is 5.73 Å². The lowest BCUT2D eigenvalue weighted by Crippen LogP contribution is -2.52. The van der Waals surface area contributed by atoms with E-state index in [1.54, 1.807) is 8.61 Å². The molecular formula is C11H24ClN3O2S. The lowest BCUT2D eigenvalue weighted by atomic mass is 10.1. The summed E-state index contributed by atoms with van der Waals surface area (Å²) in [5, 5.41) is 0. The maximum Gasteiger partial charge on any atom is 0.282 e. The Kier molecular flexibility index (Phi) is 5.86. The summed E-state index contributed by atoms with van der Waals surface area (Å²) in [6.45, 7) is 4.50. The van der Waals surface area contributed by atoms with E-state index in [-0.39, 0.29) is 18.4 Å². The van der Waals surface area contributed by atoms with E-state index in [0.717, 1.165) is 25.7 Å². The van der Waals surface area contributed by atoms with Crippen LogP contribution in [0.25, 0.3) is 0 Å². The van der Waals surface area contributed by atoms with Crippen LogP contribution >= 0.6 is 12.4 Å². The quantitative estimate of drug-likeness (QED) is 0.838. The van der Waals surface area contributed by atoms with E-state index in [2.05, 4.69) is 6.92 Å². The number of nitrogens with two attached hydrogens (primary N) is 1. The molecule has 2 N–H and O–H groups in total. The van der Waals surface area contributed by atoms with Gasteiger partial charge in [0.2, 0.25) is 0 Å². The molecule has 0 aromatic rings. The van der Waals surface area contributed by atoms with Crippen LogP contribution in [0.2, 0.25) is 0 Å². The van der Waals surface area contributed by atoms with Crippen molar-refractivity contribution in [3.8, 4) is 0 Å². The van der Waals surface area contributed by atoms with Crippen molar-refractivity contribution in [2.45, 2.75) is 38.6 Å². The summed E-state index contributed by atoms with van der Waals surface area (Å²) in [6.07, 6.45) is 3.92. The van der Waals surface area contributed by atoms with Gasteiger partial charge >= 0.3 is 0 Å². The molecule has 0 aromatic carbocycles. The van der Waals surface area contributed by atoms with E-state index in [1.165, 1.54) is 0 Å². The molecule has 18 heavy (non-hydrogen) atoms. The van der Waals surface area contributed by atoms with Gasteiger partial charge in [0, 0.05) is 32.2 Å². The van der Waals surface area contributed by atoms with Gasteiger partial charge in [0.15, 0.2) is 0 Å². The number of halogens is 1. The van der Waals surface area contributed by atoms with E-state index in [9.17, 15) is 8.42 Å². The molecule has 0 bridgehead atoms. The highest BCUT2D eigenvalue weighted by molar-refractivity contribution is 7.86. The highest BCUT2D eigenvalue weighted by atomic mass is 35.5. The maximum atomic E-state index is 12.5. The summed E-state index contributed by atoms with van der Waals surface area (Å²) < 4.78 is 28.3. The molecule has 7 heteroatoms. The van der Waals surface area contributed by atoms with Crippen molar-refractivity contribution in [2.75, 3.05) is 26.2 Å². The fourth-order valence-electron chi connectivity index (χ4n) is 2.77. The lowest BCUT2D eigenvalue weighted by Gasteiger charge is -2.36. The molecular weight excluding hydrogens is 274 g/mol. The zero-order valence-corrected chi connectivity index (χ0v) is 12.5. The lowest BCUT2D eigenvalue weighted by molar-refractivity contribution is 0.240. The molecule has 2 aliphatic heterocycles. The zero-order valence-electron chi connectivity index (χ0n) is 10.9. The predicted octanol–water partition coefficient (Wildman–Crippen LogP) is 0.808. The largest absolute Gasteiger partial charge is 0.329 e. The molecule has 0 aromatic heterocycles. The summed E-state index contributed by atoms with van der Waals surface area (Å²) in [5.74, 6) is 0.478. The standard InChI is InChI=1S/C11H23N3O2S.ClH/c1-10-5-7-13(9-10)17(15,16)14-6-3-2-4-11(14)8-12;/h10-11H,2-9,12H2,1H3;1H. The second-order valence-corrected chi connectivity index (χ2v) is 7.14. The molecule has 2 atom stereocenters. The first-order valence-corrected chi connectivity index (χ1v) is 7.92. The minimum atomic E-state index is -3.27. The third-order valence-corrected chi connectivity index (χ3v) is 5.91. The first-order valence-electron chi connectivity index (χ1n) is 6.52. The van der Waals surface area contributed by atoms with Gasteiger partial charge in [0.25, 0.3) is 10.2 Å². The second kappa shape index (κ2) is 6.52. The normalized spacial score (nSPS) is 31.2. The molecule has 5 nitrogen and oxygen atoms in total. The topological polar surface area (TPSA) is 66.6 Å². The third kappa shape index (κ3) is 3.17. The minimum Gasteiger partial charge on any atom is -0.329 e. The van der Waals surface area contributed by atoms with E-state index >= 15 is 0 Å². The highest BCUT2D eigenvalue weighted by Gasteiger charge is 2.38. The highest BCUT2D eigenvalue weighted by Crippen LogP contribution is 2.26. The van der Waals surface area contributed by atoms with E-state index in [1.807, 2.05) is 0 Å². The Labute approximate surface area is 116 Å². The third-order valence-electron chi connectivity index (χ3n) is 3.85. The first-order chi connectivity index (χ1) is 8.05. The Morgan fingerprint density at radius 3 is 2.50 bits per heavy atom. The van der Waals surface area contributed by atoms with Gasteiger partial charge in [0.1, 0.15) is 0 Å². The van der Waals surface area contributed by atoms with Gasteiger partial charge in [-0.05, 0) is 25.2 Å². The van der Waals surface area contributed by atoms with Crippen molar-refractivity contribution in [1.29, 1.82) is 0 Å². The minimum absolute atomic E-state index is 0. The summed E-state index contributed by atoms with van der Waals surface area (Å²) in [7, 11) is -3.27. The smallest absolute Gasteiger partial charge is 0.282 e. The fraction of sp³-hybridized carbons (Fsp3) is 1.00. The molecule has 2 aliphatic rings. The van der Waals surface area contributed by atoms with Crippen molar-refractivity contribution in [1.82, 2.24) is 8.61 Å². The number of piperidine rings is 1. The van der Waals surface area contributed by atoms with Gasteiger partial charge in [-0.1, -0.05) is 13.3 Å². The van der Waals surface area contributed by atoms with Gasteiger partial charge in [-0.15, -0.1) is 12.4 Å². The Morgan fingerprint density at radius 2 is 1.94 bits per heavy atom. The van der Waals surface area contributed by atoms with Crippen molar-refractivity contribution in [2.24, 2.45) is 11.7 Å². The summed E-state index contributed by atoms with van der Waals surface area (Å²) in [5.41, 5.74) is 5.69. The number of hydrogen-bond acceptors (Lipinski definition) is 3. The van der Waals surface area contributed by atoms with Crippen LogP contribution < -0.4 is 5.73 Å². The SMILES string of the molecule is CC1CCN(S(=O)(=O)N2CCCCC2CN)C1.Cl. The Hall–Kier alpha value is 0.120. The molecule has 0 saturated carbocycles. The monoisotopic (exact) mass is 297 g/mol. The molecule has 2 fully saturated rings. The van der Waals surface area contributed by atoms with Crippen LogP contribution in [0.5, 0.6) is 0 Å². The average Bonchev–Trinajstić information content (AvgIpc) is 2.76. The van der Waals surface area contributed by atoms with Gasteiger partial charge in [-0.2, -0.15) is 17.0 Å². The van der Waals surface area contributed by atoms with Crippen LogP contribution in [0.15, 0.2) is 0 Å². The van der Waals surface area contributed by atoms with E-state index in [0.29, 0.717) is 32.1 Å². The predicted molar refractivity (Wildman–Crippen MR) is 74.9 cm³/mol. The maximum absolute atomic E-state index is 12.5. The van der Waals surface area contributed by atoms with Crippen molar-refractivity contribution in [3.05, 3.63) is 0 Å². The van der Waals surface area contributed by atoms with E-state index < -0.39 is 10.2 Å². The summed E-state index contributed by atoms with van der Waals surface area (Å²) in [6, 6.07) is 0.00431. The zero-order chi connectivity index (χ0) is 12.5. The Bertz CT molecular complexity index is 363. The molecule has 2 rings (SSSR count). The molecule has 2 heterocycles. The van der Waals surface area contributed by atoms with Crippen LogP contribution in [0.1, 0.15) is 32.6 Å². The number of rotatable bonds is 3. The molecule has 108 valence electrons. The Balaban J connectivity index is 0.00000162. The van der Waals surface area contributed by atoms with Crippen molar-refractivity contribution >= 4 is 22.6 Å². The summed E-state index contributed by atoms with van der Waals surface area (Å²) >= 11 is 0. The van der Waals surface area contributed by atoms with Crippen LogP contribution in [0, 0.1) is 5.92 Å². The van der Waals surface area contributed by atoms with Crippen LogP contribution in [0.4, 0.5) is 0 Å². The molecule has 0 radical (unpaired) electrons. The van der Waals surface area contributed by atoms with Crippen molar-refractivity contribution in [3.63, 3.8) is 0 Å². The molecule has 2 unspecified atom stereocenters.